The topological polar surface area (TPSA) is 89.9 Å². The monoisotopic (exact) mass is 274 g/mol. The normalized spacial score (nSPS) is 15.4. The van der Waals surface area contributed by atoms with Crippen molar-refractivity contribution < 1.29 is 19.8 Å². The summed E-state index contributed by atoms with van der Waals surface area (Å²) in [5, 5.41) is 20.8. The molecule has 2 amide bonds. The number of unbranched alkanes of at least 4 members (excludes halogenated alkanes) is 1. The van der Waals surface area contributed by atoms with Crippen molar-refractivity contribution in [2.24, 2.45) is 0 Å². The fourth-order valence-electron chi connectivity index (χ4n) is 1.50. The van der Waals surface area contributed by atoms with Gasteiger partial charge in [-0.3, -0.25) is 0 Å². The van der Waals surface area contributed by atoms with Crippen LogP contribution < -0.4 is 5.32 Å². The Morgan fingerprint density at radius 2 is 1.95 bits per heavy atom. The van der Waals surface area contributed by atoms with Crippen LogP contribution in [0.3, 0.4) is 0 Å². The molecule has 0 aromatic rings. The fraction of sp³-hybridized carbons (Fsp3) is 0.846. The van der Waals surface area contributed by atoms with Crippen LogP contribution in [0.1, 0.15) is 47.0 Å². The van der Waals surface area contributed by atoms with Crippen LogP contribution in [0, 0.1) is 0 Å². The fourth-order valence-corrected chi connectivity index (χ4v) is 1.50. The maximum Gasteiger partial charge on any atom is 0.337 e. The molecule has 0 aliphatic rings. The second-order valence-corrected chi connectivity index (χ2v) is 5.04. The minimum Gasteiger partial charge on any atom is -0.479 e. The highest BCUT2D eigenvalue weighted by Crippen LogP contribution is 2.07. The number of rotatable bonds is 8. The molecular weight excluding hydrogens is 248 g/mol. The lowest BCUT2D eigenvalue weighted by molar-refractivity contribution is -0.155. The summed E-state index contributed by atoms with van der Waals surface area (Å²) in [6.45, 7) is 7.47. The molecule has 0 bridgehead atoms. The molecule has 6 heteroatoms. The van der Waals surface area contributed by atoms with Crippen molar-refractivity contribution in [2.75, 3.05) is 13.1 Å². The van der Waals surface area contributed by atoms with E-state index in [0.717, 1.165) is 26.2 Å². The van der Waals surface area contributed by atoms with Gasteiger partial charge in [0.2, 0.25) is 0 Å². The molecule has 6 nitrogen and oxygen atoms in total. The van der Waals surface area contributed by atoms with Gasteiger partial charge < -0.3 is 20.4 Å². The summed E-state index contributed by atoms with van der Waals surface area (Å²) in [5.41, 5.74) is -1.94. The van der Waals surface area contributed by atoms with E-state index in [1.807, 2.05) is 20.8 Å². The Labute approximate surface area is 114 Å². The van der Waals surface area contributed by atoms with Crippen LogP contribution in [0.2, 0.25) is 0 Å². The van der Waals surface area contributed by atoms with E-state index in [1.54, 1.807) is 4.90 Å². The second kappa shape index (κ2) is 7.99. The van der Waals surface area contributed by atoms with Crippen molar-refractivity contribution in [3.8, 4) is 0 Å². The number of hydrogen-bond acceptors (Lipinski definition) is 3. The van der Waals surface area contributed by atoms with Crippen LogP contribution in [0.5, 0.6) is 0 Å². The average Bonchev–Trinajstić information content (AvgIpc) is 2.36. The number of nitrogens with one attached hydrogen (secondary N) is 1. The van der Waals surface area contributed by atoms with Gasteiger partial charge in [-0.1, -0.05) is 20.3 Å². The molecule has 0 spiro atoms. The lowest BCUT2D eigenvalue weighted by Gasteiger charge is -2.30. The first-order valence-electron chi connectivity index (χ1n) is 6.76. The molecular formula is C13H26N2O4. The highest BCUT2D eigenvalue weighted by atomic mass is 16.4. The quantitative estimate of drug-likeness (QED) is 0.624. The van der Waals surface area contributed by atoms with Gasteiger partial charge in [0.15, 0.2) is 5.60 Å². The van der Waals surface area contributed by atoms with Gasteiger partial charge in [0.1, 0.15) is 0 Å². The van der Waals surface area contributed by atoms with Gasteiger partial charge in [0.25, 0.3) is 0 Å². The van der Waals surface area contributed by atoms with E-state index in [9.17, 15) is 14.7 Å². The first-order chi connectivity index (χ1) is 8.76. The Balaban J connectivity index is 4.52. The molecule has 2 unspecified atom stereocenters. The molecule has 0 saturated heterocycles. The molecule has 0 aliphatic heterocycles. The molecule has 0 saturated carbocycles. The zero-order valence-electron chi connectivity index (χ0n) is 12.3. The number of carbonyl (C=O) groups is 2. The average molecular weight is 274 g/mol. The lowest BCUT2D eigenvalue weighted by atomic mass is 10.1. The predicted octanol–water partition coefficient (Wildman–Crippen LogP) is 1.43. The van der Waals surface area contributed by atoms with E-state index in [4.69, 9.17) is 5.11 Å². The van der Waals surface area contributed by atoms with Crippen LogP contribution in [0.25, 0.3) is 0 Å². The van der Waals surface area contributed by atoms with Gasteiger partial charge in [0.05, 0.1) is 6.54 Å². The number of nitrogens with zero attached hydrogens (tertiary/aromatic N) is 1. The highest BCUT2D eigenvalue weighted by Gasteiger charge is 2.31. The number of carboxylic acid groups (broad SMARTS) is 1. The van der Waals surface area contributed by atoms with Gasteiger partial charge in [0, 0.05) is 12.6 Å². The smallest absolute Gasteiger partial charge is 0.337 e. The maximum absolute atomic E-state index is 12.0. The molecule has 0 aromatic heterocycles. The van der Waals surface area contributed by atoms with E-state index in [0.29, 0.717) is 6.54 Å². The maximum atomic E-state index is 12.0. The van der Waals surface area contributed by atoms with Crippen LogP contribution in [0.15, 0.2) is 0 Å². The van der Waals surface area contributed by atoms with Crippen molar-refractivity contribution in [1.29, 1.82) is 0 Å². The molecule has 19 heavy (non-hydrogen) atoms. The predicted molar refractivity (Wildman–Crippen MR) is 73.0 cm³/mol. The Morgan fingerprint density at radius 1 is 1.37 bits per heavy atom. The molecule has 2 atom stereocenters. The Morgan fingerprint density at radius 3 is 2.37 bits per heavy atom. The van der Waals surface area contributed by atoms with Crippen molar-refractivity contribution >= 4 is 12.0 Å². The van der Waals surface area contributed by atoms with Crippen molar-refractivity contribution in [3.63, 3.8) is 0 Å². The van der Waals surface area contributed by atoms with Crippen LogP contribution in [0.4, 0.5) is 4.79 Å². The van der Waals surface area contributed by atoms with Crippen molar-refractivity contribution in [2.45, 2.75) is 58.6 Å². The Kier molecular flexibility index (Phi) is 7.44. The molecule has 112 valence electrons. The molecule has 0 heterocycles. The van der Waals surface area contributed by atoms with E-state index in [2.05, 4.69) is 5.32 Å². The highest BCUT2D eigenvalue weighted by molar-refractivity contribution is 5.79. The molecule has 0 aromatic carbocycles. The third-order valence-electron chi connectivity index (χ3n) is 3.18. The lowest BCUT2D eigenvalue weighted by Crippen LogP contribution is -2.52. The third-order valence-corrected chi connectivity index (χ3v) is 3.18. The SMILES string of the molecule is CCCCN(C(=O)NCC(C)(O)C(=O)O)C(C)CC. The standard InChI is InChI=1S/C13H26N2O4/c1-5-7-8-15(10(3)6-2)12(18)14-9-13(4,19)11(16)17/h10,19H,5-9H2,1-4H3,(H,14,18)(H,16,17). The zero-order chi connectivity index (χ0) is 15.1. The number of aliphatic hydroxyl groups is 1. The largest absolute Gasteiger partial charge is 0.479 e. The van der Waals surface area contributed by atoms with Crippen LogP contribution >= 0.6 is 0 Å². The molecule has 0 rings (SSSR count). The summed E-state index contributed by atoms with van der Waals surface area (Å²) in [5.74, 6) is -1.35. The number of amides is 2. The third kappa shape index (κ3) is 5.92. The van der Waals surface area contributed by atoms with E-state index in [-0.39, 0.29) is 18.6 Å². The number of carbonyl (C=O) groups excluding carboxylic acids is 1. The molecule has 3 N–H and O–H groups in total. The number of aliphatic carboxylic acids is 1. The number of hydrogen-bond donors (Lipinski definition) is 3. The second-order valence-electron chi connectivity index (χ2n) is 5.04. The zero-order valence-corrected chi connectivity index (χ0v) is 12.3. The first-order valence-corrected chi connectivity index (χ1v) is 6.76. The minimum absolute atomic E-state index is 0.0846. The molecule has 0 radical (unpaired) electrons. The van der Waals surface area contributed by atoms with Gasteiger partial charge in [-0.05, 0) is 26.7 Å². The first kappa shape index (κ1) is 17.7. The Bertz CT molecular complexity index is 305. The molecule has 0 fully saturated rings. The summed E-state index contributed by atoms with van der Waals surface area (Å²) < 4.78 is 0. The summed E-state index contributed by atoms with van der Waals surface area (Å²) in [4.78, 5) is 24.5. The Hall–Kier alpha value is -1.30. The van der Waals surface area contributed by atoms with Gasteiger partial charge >= 0.3 is 12.0 Å². The van der Waals surface area contributed by atoms with E-state index in [1.165, 1.54) is 0 Å². The van der Waals surface area contributed by atoms with Crippen molar-refractivity contribution in [1.82, 2.24) is 10.2 Å². The van der Waals surface area contributed by atoms with Crippen molar-refractivity contribution in [3.05, 3.63) is 0 Å². The summed E-state index contributed by atoms with van der Waals surface area (Å²) in [6.07, 6.45) is 2.70. The summed E-state index contributed by atoms with van der Waals surface area (Å²) in [6, 6.07) is -0.245. The minimum atomic E-state index is -1.94. The number of carboxylic acids is 1. The summed E-state index contributed by atoms with van der Waals surface area (Å²) in [7, 11) is 0. The van der Waals surface area contributed by atoms with E-state index >= 15 is 0 Å². The summed E-state index contributed by atoms with van der Waals surface area (Å²) >= 11 is 0. The van der Waals surface area contributed by atoms with Gasteiger partial charge in [-0.15, -0.1) is 0 Å². The van der Waals surface area contributed by atoms with Crippen LogP contribution in [-0.4, -0.2) is 51.8 Å². The van der Waals surface area contributed by atoms with Crippen LogP contribution in [-0.2, 0) is 4.79 Å². The molecule has 0 aliphatic carbocycles. The van der Waals surface area contributed by atoms with E-state index < -0.39 is 11.6 Å². The van der Waals surface area contributed by atoms with Gasteiger partial charge in [-0.2, -0.15) is 0 Å². The van der Waals surface area contributed by atoms with Gasteiger partial charge in [-0.25, -0.2) is 9.59 Å². The number of urea groups is 1.